The largest absolute Gasteiger partial charge is 0.340 e. The first-order valence-corrected chi connectivity index (χ1v) is 7.74. The second-order valence-electron chi connectivity index (χ2n) is 6.14. The Bertz CT molecular complexity index is 817. The molecule has 0 spiro atoms. The van der Waals surface area contributed by atoms with E-state index in [0.717, 1.165) is 31.6 Å². The molecule has 0 fully saturated rings. The van der Waals surface area contributed by atoms with Gasteiger partial charge < -0.3 is 9.47 Å². The predicted molar refractivity (Wildman–Crippen MR) is 87.5 cm³/mol. The minimum absolute atomic E-state index is 0.176. The smallest absolute Gasteiger partial charge is 0.123 e. The molecule has 0 unspecified atom stereocenters. The fourth-order valence-electron chi connectivity index (χ4n) is 3.49. The predicted octanol–water partition coefficient (Wildman–Crippen LogP) is 3.82. The SMILES string of the molecule is CN1CCc2c(c3ccccc3n2Cc2ccc(F)cc2)C1. The van der Waals surface area contributed by atoms with E-state index in [4.69, 9.17) is 0 Å². The summed E-state index contributed by atoms with van der Waals surface area (Å²) in [4.78, 5) is 2.37. The van der Waals surface area contributed by atoms with Crippen LogP contribution in [0.2, 0.25) is 0 Å². The highest BCUT2D eigenvalue weighted by atomic mass is 19.1. The molecule has 4 rings (SSSR count). The highest BCUT2D eigenvalue weighted by Gasteiger charge is 2.21. The van der Waals surface area contributed by atoms with Crippen LogP contribution in [0.3, 0.4) is 0 Å². The maximum absolute atomic E-state index is 13.1. The Labute approximate surface area is 129 Å². The lowest BCUT2D eigenvalue weighted by Crippen LogP contribution is -2.27. The molecule has 0 bridgehead atoms. The van der Waals surface area contributed by atoms with Gasteiger partial charge in [0.2, 0.25) is 0 Å². The van der Waals surface area contributed by atoms with Crippen LogP contribution in [0, 0.1) is 5.82 Å². The number of nitrogens with zero attached hydrogens (tertiary/aromatic N) is 2. The van der Waals surface area contributed by atoms with Crippen molar-refractivity contribution in [3.8, 4) is 0 Å². The first-order chi connectivity index (χ1) is 10.7. The average molecular weight is 294 g/mol. The molecule has 0 atom stereocenters. The molecule has 0 radical (unpaired) electrons. The van der Waals surface area contributed by atoms with Gasteiger partial charge >= 0.3 is 0 Å². The normalized spacial score (nSPS) is 15.2. The van der Waals surface area contributed by atoms with E-state index < -0.39 is 0 Å². The van der Waals surface area contributed by atoms with Gasteiger partial charge in [0, 0.05) is 42.7 Å². The first kappa shape index (κ1) is 13.5. The van der Waals surface area contributed by atoms with Crippen molar-refractivity contribution in [2.24, 2.45) is 0 Å². The van der Waals surface area contributed by atoms with Crippen LogP contribution in [-0.2, 0) is 19.5 Å². The van der Waals surface area contributed by atoms with Gasteiger partial charge in [-0.2, -0.15) is 0 Å². The number of fused-ring (bicyclic) bond motifs is 3. The third-order valence-corrected chi connectivity index (χ3v) is 4.61. The molecule has 1 aromatic heterocycles. The molecule has 2 nitrogen and oxygen atoms in total. The topological polar surface area (TPSA) is 8.17 Å². The van der Waals surface area contributed by atoms with E-state index in [1.54, 1.807) is 12.1 Å². The molecule has 0 aliphatic carbocycles. The lowest BCUT2D eigenvalue weighted by molar-refractivity contribution is 0.310. The third kappa shape index (κ3) is 2.22. The summed E-state index contributed by atoms with van der Waals surface area (Å²) in [6.07, 6.45) is 1.07. The molecule has 3 heteroatoms. The van der Waals surface area contributed by atoms with Crippen molar-refractivity contribution in [1.29, 1.82) is 0 Å². The molecule has 112 valence electrons. The van der Waals surface area contributed by atoms with Crippen molar-refractivity contribution < 1.29 is 4.39 Å². The van der Waals surface area contributed by atoms with Crippen LogP contribution in [0.4, 0.5) is 4.39 Å². The van der Waals surface area contributed by atoms with Crippen molar-refractivity contribution in [3.05, 3.63) is 71.2 Å². The molecule has 22 heavy (non-hydrogen) atoms. The zero-order valence-electron chi connectivity index (χ0n) is 12.7. The molecule has 0 N–H and O–H groups in total. The van der Waals surface area contributed by atoms with Gasteiger partial charge in [-0.15, -0.1) is 0 Å². The molecule has 3 aromatic rings. The van der Waals surface area contributed by atoms with Gasteiger partial charge in [-0.3, -0.25) is 0 Å². The average Bonchev–Trinajstić information content (AvgIpc) is 2.83. The van der Waals surface area contributed by atoms with Crippen molar-refractivity contribution >= 4 is 10.9 Å². The zero-order chi connectivity index (χ0) is 15.1. The zero-order valence-corrected chi connectivity index (χ0v) is 12.7. The monoisotopic (exact) mass is 294 g/mol. The lowest BCUT2D eigenvalue weighted by atomic mass is 10.1. The summed E-state index contributed by atoms with van der Waals surface area (Å²) in [5.74, 6) is -0.176. The third-order valence-electron chi connectivity index (χ3n) is 4.61. The van der Waals surface area contributed by atoms with Crippen molar-refractivity contribution in [2.75, 3.05) is 13.6 Å². The summed E-state index contributed by atoms with van der Waals surface area (Å²) in [6, 6.07) is 15.5. The minimum Gasteiger partial charge on any atom is -0.340 e. The Balaban J connectivity index is 1.84. The summed E-state index contributed by atoms with van der Waals surface area (Å²) in [5.41, 5.74) is 5.31. The Hall–Kier alpha value is -2.13. The Morgan fingerprint density at radius 2 is 1.82 bits per heavy atom. The summed E-state index contributed by atoms with van der Waals surface area (Å²) < 4.78 is 15.5. The van der Waals surface area contributed by atoms with Gasteiger partial charge in [-0.05, 0) is 36.4 Å². The second-order valence-corrected chi connectivity index (χ2v) is 6.14. The number of likely N-dealkylation sites (N-methyl/N-ethyl adjacent to an activating group) is 1. The molecule has 0 saturated carbocycles. The quantitative estimate of drug-likeness (QED) is 0.697. The van der Waals surface area contributed by atoms with Crippen LogP contribution < -0.4 is 0 Å². The van der Waals surface area contributed by atoms with E-state index in [9.17, 15) is 4.39 Å². The number of rotatable bonds is 2. The maximum atomic E-state index is 13.1. The fourth-order valence-corrected chi connectivity index (χ4v) is 3.49. The van der Waals surface area contributed by atoms with Crippen LogP contribution in [0.25, 0.3) is 10.9 Å². The van der Waals surface area contributed by atoms with E-state index in [1.807, 2.05) is 12.1 Å². The van der Waals surface area contributed by atoms with E-state index in [0.29, 0.717) is 0 Å². The molecule has 1 aliphatic rings. The number of aromatic nitrogens is 1. The van der Waals surface area contributed by atoms with Gasteiger partial charge in [0.25, 0.3) is 0 Å². The molecule has 2 aromatic carbocycles. The maximum Gasteiger partial charge on any atom is 0.123 e. The highest BCUT2D eigenvalue weighted by Crippen LogP contribution is 2.31. The Morgan fingerprint density at radius 1 is 1.05 bits per heavy atom. The Kier molecular flexibility index (Phi) is 3.23. The van der Waals surface area contributed by atoms with Crippen LogP contribution in [0.5, 0.6) is 0 Å². The first-order valence-electron chi connectivity index (χ1n) is 7.74. The molecular formula is C19H19FN2. The molecular weight excluding hydrogens is 275 g/mol. The summed E-state index contributed by atoms with van der Waals surface area (Å²) in [7, 11) is 2.18. The lowest BCUT2D eigenvalue weighted by Gasteiger charge is -2.24. The summed E-state index contributed by atoms with van der Waals surface area (Å²) in [5, 5.41) is 1.35. The van der Waals surface area contributed by atoms with Gasteiger partial charge in [0.15, 0.2) is 0 Å². The molecule has 0 amide bonds. The van der Waals surface area contributed by atoms with Gasteiger partial charge in [0.05, 0.1) is 0 Å². The number of benzene rings is 2. The molecule has 0 saturated heterocycles. The molecule has 1 aliphatic heterocycles. The van der Waals surface area contributed by atoms with Crippen molar-refractivity contribution in [1.82, 2.24) is 9.47 Å². The number of hydrogen-bond acceptors (Lipinski definition) is 1. The summed E-state index contributed by atoms with van der Waals surface area (Å²) in [6.45, 7) is 2.90. The number of para-hydroxylation sites is 1. The second kappa shape index (κ2) is 5.25. The minimum atomic E-state index is -0.176. The van der Waals surface area contributed by atoms with Crippen LogP contribution >= 0.6 is 0 Å². The van der Waals surface area contributed by atoms with Crippen molar-refractivity contribution in [3.63, 3.8) is 0 Å². The van der Waals surface area contributed by atoms with E-state index >= 15 is 0 Å². The van der Waals surface area contributed by atoms with Crippen LogP contribution in [0.15, 0.2) is 48.5 Å². The fraction of sp³-hybridized carbons (Fsp3) is 0.263. The van der Waals surface area contributed by atoms with E-state index in [-0.39, 0.29) is 5.82 Å². The number of hydrogen-bond donors (Lipinski definition) is 0. The van der Waals surface area contributed by atoms with Crippen LogP contribution in [-0.4, -0.2) is 23.1 Å². The summed E-state index contributed by atoms with van der Waals surface area (Å²) >= 11 is 0. The Morgan fingerprint density at radius 3 is 2.64 bits per heavy atom. The van der Waals surface area contributed by atoms with Gasteiger partial charge in [-0.25, -0.2) is 4.39 Å². The van der Waals surface area contributed by atoms with E-state index in [2.05, 4.69) is 40.8 Å². The molecule has 2 heterocycles. The highest BCUT2D eigenvalue weighted by molar-refractivity contribution is 5.86. The number of halogens is 1. The standard InChI is InChI=1S/C19H19FN2/c1-21-11-10-19-17(13-21)16-4-2-3-5-18(16)22(19)12-14-6-8-15(20)9-7-14/h2-9H,10-13H2,1H3. The van der Waals surface area contributed by atoms with Gasteiger partial charge in [0.1, 0.15) is 5.82 Å². The van der Waals surface area contributed by atoms with Crippen molar-refractivity contribution in [2.45, 2.75) is 19.5 Å². The van der Waals surface area contributed by atoms with E-state index in [1.165, 1.54) is 22.2 Å². The van der Waals surface area contributed by atoms with Gasteiger partial charge in [-0.1, -0.05) is 30.3 Å². The van der Waals surface area contributed by atoms with Crippen LogP contribution in [0.1, 0.15) is 16.8 Å².